The van der Waals surface area contributed by atoms with E-state index in [-0.39, 0.29) is 18.3 Å². The molecule has 1 fully saturated rings. The molecule has 1 aliphatic heterocycles. The van der Waals surface area contributed by atoms with Gasteiger partial charge in [-0.25, -0.2) is 13.2 Å². The van der Waals surface area contributed by atoms with Crippen molar-refractivity contribution in [1.82, 2.24) is 5.32 Å². The summed E-state index contributed by atoms with van der Waals surface area (Å²) in [5.74, 6) is -2.03. The van der Waals surface area contributed by atoms with E-state index in [0.717, 1.165) is 12.7 Å². The van der Waals surface area contributed by atoms with Gasteiger partial charge in [-0.2, -0.15) is 0 Å². The Bertz CT molecular complexity index is 446. The molecule has 1 heterocycles. The molecule has 3 unspecified atom stereocenters. The summed E-state index contributed by atoms with van der Waals surface area (Å²) in [7, 11) is -3.26. The maximum atomic E-state index is 11.8. The van der Waals surface area contributed by atoms with Gasteiger partial charge in [-0.1, -0.05) is 0 Å². The maximum Gasteiger partial charge on any atom is 0.326 e. The average molecular weight is 293 g/mol. The number of hydrogen-bond acceptors (Lipinski definition) is 5. The van der Waals surface area contributed by atoms with Gasteiger partial charge >= 0.3 is 5.97 Å². The van der Waals surface area contributed by atoms with Crippen LogP contribution in [-0.2, 0) is 24.2 Å². The number of hydrogen-bond donors (Lipinski definition) is 2. The summed E-state index contributed by atoms with van der Waals surface area (Å²) in [5.41, 5.74) is 0. The fraction of sp³-hybridized carbons (Fsp3) is 0.818. The maximum absolute atomic E-state index is 11.8. The first-order valence-electron chi connectivity index (χ1n) is 6.05. The molecule has 1 saturated heterocycles. The first-order valence-corrected chi connectivity index (χ1v) is 8.11. The Morgan fingerprint density at radius 2 is 2.05 bits per heavy atom. The molecule has 0 aliphatic carbocycles. The molecule has 0 aromatic carbocycles. The van der Waals surface area contributed by atoms with Crippen LogP contribution in [0.4, 0.5) is 0 Å². The number of carboxylic acids is 1. The van der Waals surface area contributed by atoms with Crippen LogP contribution in [0.15, 0.2) is 0 Å². The van der Waals surface area contributed by atoms with Gasteiger partial charge in [0.2, 0.25) is 5.91 Å². The van der Waals surface area contributed by atoms with Crippen molar-refractivity contribution in [3.8, 4) is 0 Å². The molecule has 0 radical (unpaired) electrons. The Hall–Kier alpha value is -1.15. The molecule has 7 nitrogen and oxygen atoms in total. The molecule has 19 heavy (non-hydrogen) atoms. The van der Waals surface area contributed by atoms with Crippen LogP contribution in [0, 0.1) is 0 Å². The summed E-state index contributed by atoms with van der Waals surface area (Å²) in [6.45, 7) is 1.84. The van der Waals surface area contributed by atoms with E-state index in [9.17, 15) is 18.0 Å². The molecule has 0 spiro atoms. The lowest BCUT2D eigenvalue weighted by Crippen LogP contribution is -2.46. The second-order valence-electron chi connectivity index (χ2n) is 4.83. The van der Waals surface area contributed by atoms with E-state index in [1.54, 1.807) is 0 Å². The molecule has 1 rings (SSSR count). The highest BCUT2D eigenvalue weighted by molar-refractivity contribution is 7.90. The molecule has 0 aromatic rings. The molecule has 2 N–H and O–H groups in total. The topological polar surface area (TPSA) is 110 Å². The number of rotatable bonds is 6. The third-order valence-electron chi connectivity index (χ3n) is 2.92. The normalized spacial score (nSPS) is 24.9. The summed E-state index contributed by atoms with van der Waals surface area (Å²) in [6.07, 6.45) is 1.51. The molecular formula is C11H19NO6S. The van der Waals surface area contributed by atoms with Crippen molar-refractivity contribution < 1.29 is 27.9 Å². The number of carbonyl (C=O) groups is 2. The molecule has 1 amide bonds. The second kappa shape index (κ2) is 6.33. The van der Waals surface area contributed by atoms with Gasteiger partial charge in [0.05, 0.1) is 11.9 Å². The molecular weight excluding hydrogens is 274 g/mol. The highest BCUT2D eigenvalue weighted by Crippen LogP contribution is 2.19. The van der Waals surface area contributed by atoms with E-state index in [2.05, 4.69) is 5.32 Å². The minimum atomic E-state index is -3.26. The number of sulfone groups is 1. The summed E-state index contributed by atoms with van der Waals surface area (Å²) >= 11 is 0. The van der Waals surface area contributed by atoms with Crippen LogP contribution >= 0.6 is 0 Å². The highest BCUT2D eigenvalue weighted by Gasteiger charge is 2.31. The van der Waals surface area contributed by atoms with Crippen LogP contribution in [0.2, 0.25) is 0 Å². The zero-order valence-corrected chi connectivity index (χ0v) is 11.8. The summed E-state index contributed by atoms with van der Waals surface area (Å²) in [5, 5.41) is 11.3. The molecule has 0 aromatic heterocycles. The van der Waals surface area contributed by atoms with Crippen molar-refractivity contribution in [2.75, 3.05) is 12.0 Å². The van der Waals surface area contributed by atoms with Crippen LogP contribution in [-0.4, -0.2) is 55.7 Å². The van der Waals surface area contributed by atoms with Gasteiger partial charge in [-0.15, -0.1) is 0 Å². The SMILES string of the molecule is CC1CCC(C(=O)NC(CCS(C)(=O)=O)C(=O)O)O1. The first-order chi connectivity index (χ1) is 8.69. The van der Waals surface area contributed by atoms with Crippen molar-refractivity contribution >= 4 is 21.7 Å². The van der Waals surface area contributed by atoms with Crippen molar-refractivity contribution in [3.63, 3.8) is 0 Å². The average Bonchev–Trinajstić information content (AvgIpc) is 2.69. The number of carboxylic acid groups (broad SMARTS) is 1. The van der Waals surface area contributed by atoms with Crippen molar-refractivity contribution in [3.05, 3.63) is 0 Å². The van der Waals surface area contributed by atoms with E-state index in [4.69, 9.17) is 9.84 Å². The number of amides is 1. The largest absolute Gasteiger partial charge is 0.480 e. The lowest BCUT2D eigenvalue weighted by Gasteiger charge is -2.17. The van der Waals surface area contributed by atoms with E-state index >= 15 is 0 Å². The van der Waals surface area contributed by atoms with Gasteiger partial charge in [0.1, 0.15) is 22.0 Å². The van der Waals surface area contributed by atoms with E-state index in [0.29, 0.717) is 6.42 Å². The lowest BCUT2D eigenvalue weighted by molar-refractivity contribution is -0.144. The molecule has 8 heteroatoms. The van der Waals surface area contributed by atoms with Crippen molar-refractivity contribution in [1.29, 1.82) is 0 Å². The van der Waals surface area contributed by atoms with Gasteiger partial charge in [-0.3, -0.25) is 4.79 Å². The number of aliphatic carboxylic acids is 1. The predicted octanol–water partition coefficient (Wildman–Crippen LogP) is -0.442. The number of carbonyl (C=O) groups excluding carboxylic acids is 1. The fourth-order valence-corrected chi connectivity index (χ4v) is 2.51. The third kappa shape index (κ3) is 5.56. The van der Waals surface area contributed by atoms with Crippen LogP contribution < -0.4 is 5.32 Å². The Morgan fingerprint density at radius 3 is 2.47 bits per heavy atom. The number of ether oxygens (including phenoxy) is 1. The third-order valence-corrected chi connectivity index (χ3v) is 3.89. The smallest absolute Gasteiger partial charge is 0.326 e. The Kier molecular flexibility index (Phi) is 5.30. The Balaban J connectivity index is 2.54. The minimum absolute atomic E-state index is 0.0185. The standard InChI is InChI=1S/C11H19NO6S/c1-7-3-4-9(18-7)10(13)12-8(11(14)15)5-6-19(2,16)17/h7-9H,3-6H2,1-2H3,(H,12,13)(H,14,15). The zero-order chi connectivity index (χ0) is 14.6. The lowest BCUT2D eigenvalue weighted by atomic mass is 10.1. The van der Waals surface area contributed by atoms with Crippen LogP contribution in [0.5, 0.6) is 0 Å². The Morgan fingerprint density at radius 1 is 1.42 bits per heavy atom. The highest BCUT2D eigenvalue weighted by atomic mass is 32.2. The second-order valence-corrected chi connectivity index (χ2v) is 7.09. The number of nitrogens with one attached hydrogen (secondary N) is 1. The van der Waals surface area contributed by atoms with Crippen LogP contribution in [0.1, 0.15) is 26.2 Å². The molecule has 0 bridgehead atoms. The van der Waals surface area contributed by atoms with E-state index < -0.39 is 33.9 Å². The van der Waals surface area contributed by atoms with Crippen molar-refractivity contribution in [2.24, 2.45) is 0 Å². The summed E-state index contributed by atoms with van der Waals surface area (Å²) in [6, 6.07) is -1.21. The quantitative estimate of drug-likeness (QED) is 0.687. The monoisotopic (exact) mass is 293 g/mol. The van der Waals surface area contributed by atoms with E-state index in [1.165, 1.54) is 0 Å². The zero-order valence-electron chi connectivity index (χ0n) is 11.0. The molecule has 1 aliphatic rings. The first kappa shape index (κ1) is 15.9. The van der Waals surface area contributed by atoms with Gasteiger partial charge in [0.25, 0.3) is 0 Å². The predicted molar refractivity (Wildman–Crippen MR) is 67.5 cm³/mol. The minimum Gasteiger partial charge on any atom is -0.480 e. The molecule has 110 valence electrons. The van der Waals surface area contributed by atoms with E-state index in [1.807, 2.05) is 6.92 Å². The van der Waals surface area contributed by atoms with Crippen molar-refractivity contribution in [2.45, 2.75) is 44.4 Å². The van der Waals surface area contributed by atoms with Crippen LogP contribution in [0.3, 0.4) is 0 Å². The van der Waals surface area contributed by atoms with Gasteiger partial charge in [-0.05, 0) is 26.2 Å². The van der Waals surface area contributed by atoms with Gasteiger partial charge in [0, 0.05) is 6.26 Å². The Labute approximate surface area is 112 Å². The molecule has 0 saturated carbocycles. The fourth-order valence-electron chi connectivity index (χ4n) is 1.85. The molecule has 3 atom stereocenters. The van der Waals surface area contributed by atoms with Gasteiger partial charge in [0.15, 0.2) is 0 Å². The summed E-state index contributed by atoms with van der Waals surface area (Å²) in [4.78, 5) is 22.8. The van der Waals surface area contributed by atoms with Gasteiger partial charge < -0.3 is 15.2 Å². The summed E-state index contributed by atoms with van der Waals surface area (Å²) < 4.78 is 27.4. The van der Waals surface area contributed by atoms with Crippen LogP contribution in [0.25, 0.3) is 0 Å².